The van der Waals surface area contributed by atoms with Gasteiger partial charge in [-0.25, -0.2) is 4.98 Å². The molecule has 0 saturated carbocycles. The number of pyridine rings is 1. The average molecular weight is 203 g/mol. The van der Waals surface area contributed by atoms with Crippen LogP contribution in [0.25, 0.3) is 0 Å². The Morgan fingerprint density at radius 2 is 2.27 bits per heavy atom. The highest BCUT2D eigenvalue weighted by molar-refractivity contribution is 5.16. The van der Waals surface area contributed by atoms with Crippen molar-refractivity contribution >= 4 is 0 Å². The van der Waals surface area contributed by atoms with Gasteiger partial charge in [-0.05, 0) is 18.6 Å². The number of aliphatic hydroxyl groups excluding tert-OH is 1. The molecule has 0 aliphatic rings. The van der Waals surface area contributed by atoms with Gasteiger partial charge in [-0.1, -0.05) is 6.07 Å². The highest BCUT2D eigenvalue weighted by Crippen LogP contribution is 2.18. The summed E-state index contributed by atoms with van der Waals surface area (Å²) < 4.78 is 1.94. The fourth-order valence-corrected chi connectivity index (χ4v) is 1.59. The van der Waals surface area contributed by atoms with Crippen LogP contribution in [0.5, 0.6) is 0 Å². The number of hydrogen-bond acceptors (Lipinski definition) is 3. The Morgan fingerprint density at radius 3 is 2.93 bits per heavy atom. The number of rotatable bonds is 3. The molecule has 0 amide bonds. The van der Waals surface area contributed by atoms with Crippen molar-refractivity contribution in [3.8, 4) is 0 Å². The minimum absolute atomic E-state index is 0.00457. The van der Waals surface area contributed by atoms with Gasteiger partial charge in [-0.15, -0.1) is 0 Å². The molecule has 1 unspecified atom stereocenters. The number of imidazole rings is 1. The van der Waals surface area contributed by atoms with Crippen LogP contribution in [0.4, 0.5) is 0 Å². The molecule has 0 bridgehead atoms. The zero-order valence-corrected chi connectivity index (χ0v) is 8.54. The van der Waals surface area contributed by atoms with E-state index in [1.807, 2.05) is 22.9 Å². The Morgan fingerprint density at radius 1 is 1.40 bits per heavy atom. The van der Waals surface area contributed by atoms with Gasteiger partial charge in [0.25, 0.3) is 0 Å². The quantitative estimate of drug-likeness (QED) is 0.819. The van der Waals surface area contributed by atoms with Crippen LogP contribution in [-0.4, -0.2) is 19.6 Å². The fraction of sp³-hybridized carbons (Fsp3) is 0.273. The minimum Gasteiger partial charge on any atom is -0.390 e. The molecular formula is C11H13N3O. The number of hydrogen-bond donors (Lipinski definition) is 1. The first-order valence-corrected chi connectivity index (χ1v) is 4.84. The molecule has 0 aliphatic heterocycles. The molecule has 0 fully saturated rings. The van der Waals surface area contributed by atoms with E-state index in [1.54, 1.807) is 18.7 Å². The molecular weight excluding hydrogens is 190 g/mol. The molecule has 2 rings (SSSR count). The lowest BCUT2D eigenvalue weighted by atomic mass is 10.1. The molecule has 15 heavy (non-hydrogen) atoms. The van der Waals surface area contributed by atoms with E-state index < -0.39 is 0 Å². The van der Waals surface area contributed by atoms with Crippen LogP contribution in [0.2, 0.25) is 0 Å². The van der Waals surface area contributed by atoms with E-state index in [0.29, 0.717) is 0 Å². The fourth-order valence-electron chi connectivity index (χ4n) is 1.59. The van der Waals surface area contributed by atoms with Crippen LogP contribution in [0.15, 0.2) is 37.1 Å². The summed E-state index contributed by atoms with van der Waals surface area (Å²) in [6, 6.07) is 4.06. The van der Waals surface area contributed by atoms with E-state index in [9.17, 15) is 0 Å². The smallest absolute Gasteiger partial charge is 0.0954 e. The molecule has 2 aromatic heterocycles. The van der Waals surface area contributed by atoms with Crippen LogP contribution < -0.4 is 0 Å². The van der Waals surface area contributed by atoms with Gasteiger partial charge in [-0.2, -0.15) is 0 Å². The lowest BCUT2D eigenvalue weighted by molar-refractivity contribution is 0.269. The summed E-state index contributed by atoms with van der Waals surface area (Å²) in [4.78, 5) is 8.10. The van der Waals surface area contributed by atoms with Gasteiger partial charge in [0.1, 0.15) is 0 Å². The largest absolute Gasteiger partial charge is 0.390 e. The van der Waals surface area contributed by atoms with Crippen LogP contribution in [0.1, 0.15) is 24.2 Å². The normalized spacial score (nSPS) is 12.7. The van der Waals surface area contributed by atoms with E-state index in [4.69, 9.17) is 5.11 Å². The predicted molar refractivity (Wildman–Crippen MR) is 56.2 cm³/mol. The summed E-state index contributed by atoms with van der Waals surface area (Å²) in [7, 11) is 0. The average Bonchev–Trinajstić information content (AvgIpc) is 2.77. The van der Waals surface area contributed by atoms with Gasteiger partial charge in [0, 0.05) is 12.4 Å². The van der Waals surface area contributed by atoms with Crippen LogP contribution in [-0.2, 0) is 6.61 Å². The zero-order valence-electron chi connectivity index (χ0n) is 8.54. The molecule has 0 saturated heterocycles. The third kappa shape index (κ3) is 1.89. The summed E-state index contributed by atoms with van der Waals surface area (Å²) in [5.74, 6) is 0. The van der Waals surface area contributed by atoms with Crippen molar-refractivity contribution in [2.45, 2.75) is 19.6 Å². The third-order valence-corrected chi connectivity index (χ3v) is 2.49. The highest BCUT2D eigenvalue weighted by Gasteiger charge is 2.10. The zero-order chi connectivity index (χ0) is 10.7. The standard InChI is InChI=1S/C11H13N3O/c1-9(10-3-2-4-12-5-10)14-8-13-6-11(14)7-15/h2-6,8-9,15H,7H2,1H3. The molecule has 0 spiro atoms. The Kier molecular flexibility index (Phi) is 2.78. The molecule has 1 atom stereocenters. The SMILES string of the molecule is CC(c1cccnc1)n1cncc1CO. The van der Waals surface area contributed by atoms with Crippen molar-refractivity contribution in [3.63, 3.8) is 0 Å². The second kappa shape index (κ2) is 4.23. The molecule has 2 heterocycles. The Hall–Kier alpha value is -1.68. The molecule has 2 aromatic rings. The Labute approximate surface area is 88.2 Å². The summed E-state index contributed by atoms with van der Waals surface area (Å²) in [5.41, 5.74) is 1.91. The first-order chi connectivity index (χ1) is 7.33. The number of aromatic nitrogens is 3. The lowest BCUT2D eigenvalue weighted by Gasteiger charge is -2.15. The first kappa shape index (κ1) is 9.86. The maximum absolute atomic E-state index is 9.13. The van der Waals surface area contributed by atoms with Gasteiger partial charge >= 0.3 is 0 Å². The van der Waals surface area contributed by atoms with Gasteiger partial charge < -0.3 is 9.67 Å². The molecule has 0 radical (unpaired) electrons. The third-order valence-electron chi connectivity index (χ3n) is 2.49. The van der Waals surface area contributed by atoms with Crippen molar-refractivity contribution in [1.82, 2.24) is 14.5 Å². The van der Waals surface area contributed by atoms with Gasteiger partial charge in [0.2, 0.25) is 0 Å². The van der Waals surface area contributed by atoms with Crippen molar-refractivity contribution in [1.29, 1.82) is 0 Å². The van der Waals surface area contributed by atoms with Crippen molar-refractivity contribution in [3.05, 3.63) is 48.3 Å². The highest BCUT2D eigenvalue weighted by atomic mass is 16.3. The second-order valence-electron chi connectivity index (χ2n) is 3.41. The van der Waals surface area contributed by atoms with E-state index >= 15 is 0 Å². The van der Waals surface area contributed by atoms with Gasteiger partial charge in [-0.3, -0.25) is 4.98 Å². The summed E-state index contributed by atoms with van der Waals surface area (Å²) in [6.45, 7) is 2.06. The Balaban J connectivity index is 2.32. The first-order valence-electron chi connectivity index (χ1n) is 4.84. The molecule has 1 N–H and O–H groups in total. The molecule has 78 valence electrons. The molecule has 0 aliphatic carbocycles. The summed E-state index contributed by atoms with van der Waals surface area (Å²) in [5, 5.41) is 9.13. The minimum atomic E-state index is 0.00457. The van der Waals surface area contributed by atoms with Crippen LogP contribution in [0, 0.1) is 0 Å². The maximum atomic E-state index is 9.13. The van der Waals surface area contributed by atoms with Gasteiger partial charge in [0.15, 0.2) is 0 Å². The maximum Gasteiger partial charge on any atom is 0.0954 e. The van der Waals surface area contributed by atoms with E-state index in [0.717, 1.165) is 11.3 Å². The summed E-state index contributed by atoms with van der Waals surface area (Å²) >= 11 is 0. The van der Waals surface area contributed by atoms with Crippen molar-refractivity contribution < 1.29 is 5.11 Å². The lowest BCUT2D eigenvalue weighted by Crippen LogP contribution is -2.09. The topological polar surface area (TPSA) is 50.9 Å². The van der Waals surface area contributed by atoms with Crippen LogP contribution in [0.3, 0.4) is 0 Å². The number of nitrogens with zero attached hydrogens (tertiary/aromatic N) is 3. The summed E-state index contributed by atoms with van der Waals surface area (Å²) in [6.07, 6.45) is 6.97. The number of aliphatic hydroxyl groups is 1. The molecule has 4 nitrogen and oxygen atoms in total. The molecule has 4 heteroatoms. The van der Waals surface area contributed by atoms with Crippen LogP contribution >= 0.6 is 0 Å². The van der Waals surface area contributed by atoms with E-state index in [-0.39, 0.29) is 12.6 Å². The Bertz CT molecular complexity index is 424. The van der Waals surface area contributed by atoms with E-state index in [2.05, 4.69) is 16.9 Å². The van der Waals surface area contributed by atoms with Crippen molar-refractivity contribution in [2.75, 3.05) is 0 Å². The van der Waals surface area contributed by atoms with Gasteiger partial charge in [0.05, 0.1) is 30.9 Å². The molecule has 0 aromatic carbocycles. The van der Waals surface area contributed by atoms with E-state index in [1.165, 1.54) is 0 Å². The second-order valence-corrected chi connectivity index (χ2v) is 3.41. The van der Waals surface area contributed by atoms with Crippen molar-refractivity contribution in [2.24, 2.45) is 0 Å². The predicted octanol–water partition coefficient (Wildman–Crippen LogP) is 1.38. The monoisotopic (exact) mass is 203 g/mol.